The molecule has 1 heterocycles. The van der Waals surface area contributed by atoms with Gasteiger partial charge in [-0.1, -0.05) is 35.5 Å². The van der Waals surface area contributed by atoms with Crippen molar-refractivity contribution in [2.45, 2.75) is 13.0 Å². The van der Waals surface area contributed by atoms with Crippen LogP contribution < -0.4 is 20.1 Å². The van der Waals surface area contributed by atoms with E-state index in [0.717, 1.165) is 5.56 Å². The van der Waals surface area contributed by atoms with Gasteiger partial charge in [0.15, 0.2) is 5.76 Å². The predicted molar refractivity (Wildman–Crippen MR) is 125 cm³/mol. The molecule has 4 rings (SSSR count). The number of hydrogen-bond acceptors (Lipinski definition) is 6. The molecule has 0 aliphatic rings. The van der Waals surface area contributed by atoms with E-state index in [2.05, 4.69) is 15.8 Å². The van der Waals surface area contributed by atoms with E-state index in [1.807, 2.05) is 30.3 Å². The summed E-state index contributed by atoms with van der Waals surface area (Å²) in [7, 11) is 3.04. The molecule has 8 nitrogen and oxygen atoms in total. The van der Waals surface area contributed by atoms with E-state index in [0.29, 0.717) is 39.4 Å². The lowest BCUT2D eigenvalue weighted by molar-refractivity contribution is -0.117. The van der Waals surface area contributed by atoms with Crippen LogP contribution in [0.2, 0.25) is 0 Å². The maximum atomic E-state index is 12.9. The first-order chi connectivity index (χ1) is 16.0. The number of fused-ring (bicyclic) bond motifs is 1. The van der Waals surface area contributed by atoms with E-state index in [1.54, 1.807) is 43.3 Å². The third-order valence-electron chi connectivity index (χ3n) is 5.18. The normalized spacial score (nSPS) is 11.6. The molecule has 4 aromatic rings. The van der Waals surface area contributed by atoms with Gasteiger partial charge in [-0.25, -0.2) is 0 Å². The predicted octanol–water partition coefficient (Wildman–Crippen LogP) is 4.27. The lowest BCUT2D eigenvalue weighted by Gasteiger charge is -2.16. The molecule has 8 heteroatoms. The van der Waals surface area contributed by atoms with Gasteiger partial charge < -0.3 is 24.6 Å². The number of carbonyl (C=O) groups is 2. The summed E-state index contributed by atoms with van der Waals surface area (Å²) in [5.74, 6) is 0.840. The number of aromatic nitrogens is 1. The second kappa shape index (κ2) is 9.44. The van der Waals surface area contributed by atoms with Gasteiger partial charge in [0.05, 0.1) is 25.3 Å². The number of nitrogens with one attached hydrogen (secondary N) is 2. The molecule has 0 bridgehead atoms. The minimum Gasteiger partial charge on any atom is -0.497 e. The lowest BCUT2D eigenvalue weighted by Crippen LogP contribution is -2.41. The van der Waals surface area contributed by atoms with Crippen LogP contribution in [0.4, 0.5) is 5.69 Å². The molecule has 33 heavy (non-hydrogen) atoms. The number of benzene rings is 3. The Hall–Kier alpha value is -4.33. The van der Waals surface area contributed by atoms with Crippen molar-refractivity contribution in [2.75, 3.05) is 19.5 Å². The fourth-order valence-electron chi connectivity index (χ4n) is 3.38. The number of hydrogen-bond donors (Lipinski definition) is 2. The van der Waals surface area contributed by atoms with Gasteiger partial charge in [0.1, 0.15) is 23.1 Å². The highest BCUT2D eigenvalue weighted by molar-refractivity contribution is 6.04. The van der Waals surface area contributed by atoms with Crippen molar-refractivity contribution in [1.29, 1.82) is 0 Å². The van der Waals surface area contributed by atoms with Crippen LogP contribution in [0, 0.1) is 0 Å². The van der Waals surface area contributed by atoms with Gasteiger partial charge >= 0.3 is 0 Å². The molecule has 0 spiro atoms. The number of carbonyl (C=O) groups excluding carboxylic acids is 2. The first kappa shape index (κ1) is 21.9. The van der Waals surface area contributed by atoms with Crippen molar-refractivity contribution < 1.29 is 23.6 Å². The van der Waals surface area contributed by atoms with Crippen LogP contribution in [0.3, 0.4) is 0 Å². The van der Waals surface area contributed by atoms with Gasteiger partial charge in [-0.3, -0.25) is 9.59 Å². The Kier molecular flexibility index (Phi) is 6.26. The van der Waals surface area contributed by atoms with Gasteiger partial charge in [0, 0.05) is 17.2 Å². The van der Waals surface area contributed by atoms with Crippen LogP contribution in [0.5, 0.6) is 11.5 Å². The maximum absolute atomic E-state index is 12.9. The van der Waals surface area contributed by atoms with E-state index >= 15 is 0 Å². The Morgan fingerprint density at radius 1 is 0.970 bits per heavy atom. The number of ether oxygens (including phenoxy) is 2. The molecular formula is C25H23N3O5. The van der Waals surface area contributed by atoms with Gasteiger partial charge in [-0.2, -0.15) is 0 Å². The Morgan fingerprint density at radius 2 is 1.76 bits per heavy atom. The zero-order chi connectivity index (χ0) is 23.4. The fraction of sp³-hybridized carbons (Fsp3) is 0.160. The van der Waals surface area contributed by atoms with Crippen LogP contribution >= 0.6 is 0 Å². The van der Waals surface area contributed by atoms with Crippen molar-refractivity contribution in [3.05, 3.63) is 72.3 Å². The number of anilines is 1. The Morgan fingerprint density at radius 3 is 2.48 bits per heavy atom. The monoisotopic (exact) mass is 445 g/mol. The molecule has 2 N–H and O–H groups in total. The van der Waals surface area contributed by atoms with Crippen molar-refractivity contribution in [2.24, 2.45) is 0 Å². The maximum Gasteiger partial charge on any atom is 0.251 e. The van der Waals surface area contributed by atoms with E-state index in [-0.39, 0.29) is 0 Å². The highest BCUT2D eigenvalue weighted by Gasteiger charge is 2.20. The molecule has 0 aliphatic heterocycles. The van der Waals surface area contributed by atoms with Crippen molar-refractivity contribution in [3.8, 4) is 22.8 Å². The summed E-state index contributed by atoms with van der Waals surface area (Å²) in [6.07, 6.45) is 0. The topological polar surface area (TPSA) is 103 Å². The highest BCUT2D eigenvalue weighted by atomic mass is 16.5. The van der Waals surface area contributed by atoms with Gasteiger partial charge in [-0.05, 0) is 37.3 Å². The summed E-state index contributed by atoms with van der Waals surface area (Å²) in [5.41, 5.74) is 2.33. The molecule has 1 atom stereocenters. The minimum atomic E-state index is -0.805. The van der Waals surface area contributed by atoms with Crippen LogP contribution in [0.25, 0.3) is 22.2 Å². The van der Waals surface area contributed by atoms with Crippen LogP contribution in [-0.2, 0) is 4.79 Å². The number of amides is 2. The SMILES string of the molecule is COc1ccc(OC)c(NC(=O)[C@@H](C)NC(=O)c2ccc3noc(-c4ccccc4)c3c2)c1. The fourth-order valence-corrected chi connectivity index (χ4v) is 3.38. The highest BCUT2D eigenvalue weighted by Crippen LogP contribution is 2.30. The third-order valence-corrected chi connectivity index (χ3v) is 5.18. The van der Waals surface area contributed by atoms with E-state index < -0.39 is 17.9 Å². The van der Waals surface area contributed by atoms with E-state index in [9.17, 15) is 9.59 Å². The first-order valence-corrected chi connectivity index (χ1v) is 10.3. The molecule has 1 aromatic heterocycles. The van der Waals surface area contributed by atoms with Crippen LogP contribution in [0.1, 0.15) is 17.3 Å². The molecule has 0 saturated heterocycles. The van der Waals surface area contributed by atoms with Gasteiger partial charge in [-0.15, -0.1) is 0 Å². The van der Waals surface area contributed by atoms with Crippen molar-refractivity contribution >= 4 is 28.4 Å². The van der Waals surface area contributed by atoms with Crippen molar-refractivity contribution in [3.63, 3.8) is 0 Å². The molecule has 0 aliphatic carbocycles. The number of nitrogens with zero attached hydrogens (tertiary/aromatic N) is 1. The third kappa shape index (κ3) is 4.64. The summed E-state index contributed by atoms with van der Waals surface area (Å²) in [6.45, 7) is 1.60. The molecule has 0 unspecified atom stereocenters. The summed E-state index contributed by atoms with van der Waals surface area (Å²) in [6, 6.07) is 18.9. The van der Waals surface area contributed by atoms with Gasteiger partial charge in [0.2, 0.25) is 5.91 Å². The number of methoxy groups -OCH3 is 2. The van der Waals surface area contributed by atoms with E-state index in [1.165, 1.54) is 14.2 Å². The van der Waals surface area contributed by atoms with E-state index in [4.69, 9.17) is 14.0 Å². The Bertz CT molecular complexity index is 1300. The van der Waals surface area contributed by atoms with Crippen LogP contribution in [0.15, 0.2) is 71.3 Å². The number of rotatable bonds is 7. The van der Waals surface area contributed by atoms with Gasteiger partial charge in [0.25, 0.3) is 5.91 Å². The largest absolute Gasteiger partial charge is 0.497 e. The smallest absolute Gasteiger partial charge is 0.251 e. The summed E-state index contributed by atoms with van der Waals surface area (Å²) in [5, 5.41) is 10.3. The lowest BCUT2D eigenvalue weighted by atomic mass is 10.1. The Labute approximate surface area is 190 Å². The summed E-state index contributed by atoms with van der Waals surface area (Å²) < 4.78 is 16.0. The molecule has 168 valence electrons. The summed E-state index contributed by atoms with van der Waals surface area (Å²) in [4.78, 5) is 25.6. The second-order valence-electron chi connectivity index (χ2n) is 7.36. The molecule has 0 radical (unpaired) electrons. The van der Waals surface area contributed by atoms with Crippen molar-refractivity contribution in [1.82, 2.24) is 10.5 Å². The molecular weight excluding hydrogens is 422 g/mol. The average Bonchev–Trinajstić information content (AvgIpc) is 3.27. The summed E-state index contributed by atoms with van der Waals surface area (Å²) >= 11 is 0. The molecule has 3 aromatic carbocycles. The molecule has 0 fully saturated rings. The Balaban J connectivity index is 1.50. The molecule has 2 amide bonds. The zero-order valence-electron chi connectivity index (χ0n) is 18.4. The second-order valence-corrected chi connectivity index (χ2v) is 7.36. The average molecular weight is 445 g/mol. The zero-order valence-corrected chi connectivity index (χ0v) is 18.4. The first-order valence-electron chi connectivity index (χ1n) is 10.3. The molecule has 0 saturated carbocycles. The standard InChI is InChI=1S/C25H23N3O5/c1-15(24(29)27-21-14-18(31-2)10-12-22(21)32-3)26-25(30)17-9-11-20-19(13-17)23(33-28-20)16-7-5-4-6-8-16/h4-15H,1-3H3,(H,26,30)(H,27,29)/t15-/m1/s1. The quantitative estimate of drug-likeness (QED) is 0.440. The minimum absolute atomic E-state index is 0.390. The van der Waals surface area contributed by atoms with Crippen LogP contribution in [-0.4, -0.2) is 37.2 Å².